The highest BCUT2D eigenvalue weighted by Gasteiger charge is 2.40. The maximum Gasteiger partial charge on any atom is 0.269 e. The van der Waals surface area contributed by atoms with Crippen LogP contribution in [-0.4, -0.2) is 70.7 Å². The Morgan fingerprint density at radius 2 is 1.91 bits per heavy atom. The summed E-state index contributed by atoms with van der Waals surface area (Å²) in [6.45, 7) is 7.79. The molecule has 1 saturated heterocycles. The van der Waals surface area contributed by atoms with Gasteiger partial charge in [-0.3, -0.25) is 14.4 Å². The summed E-state index contributed by atoms with van der Waals surface area (Å²) in [7, 11) is 0. The number of carbonyl (C=O) groups is 1. The molecule has 2 heterocycles. The molecule has 2 aliphatic rings. The zero-order valence-electron chi connectivity index (χ0n) is 19.2. The van der Waals surface area contributed by atoms with Gasteiger partial charge in [0.1, 0.15) is 5.69 Å². The molecular formula is C25H36N4O3. The molecule has 0 unspecified atom stereocenters. The summed E-state index contributed by atoms with van der Waals surface area (Å²) in [6.07, 6.45) is 4.68. The van der Waals surface area contributed by atoms with Crippen LogP contribution in [0.1, 0.15) is 61.6 Å². The lowest BCUT2D eigenvalue weighted by atomic mass is 9.74. The van der Waals surface area contributed by atoms with Crippen LogP contribution in [0.3, 0.4) is 0 Å². The second-order valence-corrected chi connectivity index (χ2v) is 9.44. The van der Waals surface area contributed by atoms with Crippen LogP contribution in [0.4, 0.5) is 0 Å². The molecule has 4 rings (SSSR count). The average molecular weight is 441 g/mol. The van der Waals surface area contributed by atoms with Gasteiger partial charge in [-0.05, 0) is 51.2 Å². The first-order chi connectivity index (χ1) is 15.5. The topological polar surface area (TPSA) is 79.6 Å². The quantitative estimate of drug-likeness (QED) is 0.676. The molecule has 0 bridgehead atoms. The molecule has 0 spiro atoms. The van der Waals surface area contributed by atoms with Crippen molar-refractivity contribution < 1.29 is 14.6 Å². The van der Waals surface area contributed by atoms with Gasteiger partial charge in [-0.2, -0.15) is 5.10 Å². The summed E-state index contributed by atoms with van der Waals surface area (Å²) in [5.74, 6) is -0.0963. The first kappa shape index (κ1) is 23.0. The Kier molecular flexibility index (Phi) is 7.28. The number of amides is 1. The number of benzene rings is 1. The molecule has 1 amide bonds. The van der Waals surface area contributed by atoms with E-state index in [1.54, 1.807) is 16.9 Å². The second-order valence-electron chi connectivity index (χ2n) is 9.44. The molecule has 2 N–H and O–H groups in total. The number of aliphatic hydroxyl groups is 1. The smallest absolute Gasteiger partial charge is 0.269 e. The minimum absolute atomic E-state index is 0.0963. The maximum atomic E-state index is 13.1. The first-order valence-corrected chi connectivity index (χ1v) is 11.9. The Bertz CT molecular complexity index is 878. The van der Waals surface area contributed by atoms with E-state index in [1.807, 2.05) is 19.9 Å². The van der Waals surface area contributed by atoms with Crippen LogP contribution in [0.2, 0.25) is 0 Å². The number of aromatic nitrogens is 2. The summed E-state index contributed by atoms with van der Waals surface area (Å²) >= 11 is 0. The van der Waals surface area contributed by atoms with Crippen LogP contribution < -0.4 is 5.32 Å². The van der Waals surface area contributed by atoms with Crippen molar-refractivity contribution in [1.82, 2.24) is 20.0 Å². The van der Waals surface area contributed by atoms with E-state index in [-0.39, 0.29) is 29.5 Å². The van der Waals surface area contributed by atoms with Crippen molar-refractivity contribution in [3.8, 4) is 0 Å². The average Bonchev–Trinajstić information content (AvgIpc) is 3.26. The number of rotatable bonds is 6. The minimum Gasteiger partial charge on any atom is -0.391 e. The molecule has 7 nitrogen and oxygen atoms in total. The monoisotopic (exact) mass is 440 g/mol. The Morgan fingerprint density at radius 3 is 2.62 bits per heavy atom. The van der Waals surface area contributed by atoms with E-state index >= 15 is 0 Å². The van der Waals surface area contributed by atoms with Crippen molar-refractivity contribution in [3.63, 3.8) is 0 Å². The number of carbonyl (C=O) groups excluding carboxylic acids is 1. The van der Waals surface area contributed by atoms with Gasteiger partial charge in [0.2, 0.25) is 0 Å². The van der Waals surface area contributed by atoms with Crippen molar-refractivity contribution in [2.24, 2.45) is 0 Å². The van der Waals surface area contributed by atoms with Gasteiger partial charge in [-0.25, -0.2) is 0 Å². The first-order valence-electron chi connectivity index (χ1n) is 11.9. The molecule has 3 atom stereocenters. The fraction of sp³-hybridized carbons (Fsp3) is 0.600. The molecule has 32 heavy (non-hydrogen) atoms. The van der Waals surface area contributed by atoms with Gasteiger partial charge in [-0.15, -0.1) is 0 Å². The van der Waals surface area contributed by atoms with Crippen molar-refractivity contribution in [2.45, 2.75) is 63.1 Å². The molecule has 1 aliphatic carbocycles. The Balaban J connectivity index is 1.54. The lowest BCUT2D eigenvalue weighted by molar-refractivity contribution is -0.0236. The third-order valence-corrected chi connectivity index (χ3v) is 7.16. The van der Waals surface area contributed by atoms with Crippen LogP contribution in [0.5, 0.6) is 0 Å². The van der Waals surface area contributed by atoms with Crippen LogP contribution in [0.25, 0.3) is 0 Å². The molecule has 1 aliphatic heterocycles. The van der Waals surface area contributed by atoms with Gasteiger partial charge in [0.25, 0.3) is 5.91 Å². The number of hydrogen-bond acceptors (Lipinski definition) is 5. The number of ether oxygens (including phenoxy) is 1. The van der Waals surface area contributed by atoms with Gasteiger partial charge < -0.3 is 15.2 Å². The fourth-order valence-electron chi connectivity index (χ4n) is 5.30. The highest BCUT2D eigenvalue weighted by Crippen LogP contribution is 2.39. The highest BCUT2D eigenvalue weighted by molar-refractivity contribution is 5.92. The van der Waals surface area contributed by atoms with E-state index in [0.29, 0.717) is 12.2 Å². The predicted molar refractivity (Wildman–Crippen MR) is 124 cm³/mol. The van der Waals surface area contributed by atoms with E-state index < -0.39 is 0 Å². The van der Waals surface area contributed by atoms with E-state index in [4.69, 9.17) is 4.74 Å². The van der Waals surface area contributed by atoms with Gasteiger partial charge in [0.15, 0.2) is 0 Å². The zero-order chi connectivity index (χ0) is 22.6. The number of nitrogens with one attached hydrogen (secondary N) is 1. The van der Waals surface area contributed by atoms with E-state index in [2.05, 4.69) is 39.6 Å². The minimum atomic E-state index is -0.364. The third kappa shape index (κ3) is 4.90. The molecule has 0 radical (unpaired) electrons. The molecule has 1 aromatic carbocycles. The number of aliphatic hydroxyl groups excluding tert-OH is 1. The van der Waals surface area contributed by atoms with Crippen molar-refractivity contribution in [1.29, 1.82) is 0 Å². The fourth-order valence-corrected chi connectivity index (χ4v) is 5.30. The predicted octanol–water partition coefficient (Wildman–Crippen LogP) is 2.77. The summed E-state index contributed by atoms with van der Waals surface area (Å²) in [4.78, 5) is 15.4. The summed E-state index contributed by atoms with van der Waals surface area (Å²) in [5, 5.41) is 18.5. The van der Waals surface area contributed by atoms with Gasteiger partial charge in [-0.1, -0.05) is 30.3 Å². The lowest BCUT2D eigenvalue weighted by Crippen LogP contribution is -2.48. The molecule has 7 heteroatoms. The number of morpholine rings is 1. The molecule has 1 aromatic heterocycles. The molecular weight excluding hydrogens is 404 g/mol. The van der Waals surface area contributed by atoms with Gasteiger partial charge in [0.05, 0.1) is 19.3 Å². The largest absolute Gasteiger partial charge is 0.391 e. The van der Waals surface area contributed by atoms with Crippen LogP contribution in [0, 0.1) is 0 Å². The Morgan fingerprint density at radius 1 is 1.19 bits per heavy atom. The Labute approximate surface area is 190 Å². The van der Waals surface area contributed by atoms with E-state index in [0.717, 1.165) is 52.0 Å². The summed E-state index contributed by atoms with van der Waals surface area (Å²) < 4.78 is 7.28. The zero-order valence-corrected chi connectivity index (χ0v) is 19.2. The lowest BCUT2D eigenvalue weighted by Gasteiger charge is -2.37. The maximum absolute atomic E-state index is 13.1. The molecule has 174 valence electrons. The van der Waals surface area contributed by atoms with E-state index in [1.165, 1.54) is 5.56 Å². The standard InChI is InChI=1S/C25H36N4O3/c1-19(2)29-22(10-13-27-29)24(31)26-18-25(20-6-4-3-5-7-20)11-8-21(23(30)9-12-25)28-14-16-32-17-15-28/h3-7,10,13,19,21,23,30H,8-9,11-12,14-18H2,1-2H3,(H,26,31)/t21-,23-,25-/m1/s1. The van der Waals surface area contributed by atoms with Gasteiger partial charge in [0, 0.05) is 43.3 Å². The van der Waals surface area contributed by atoms with Crippen molar-refractivity contribution in [3.05, 3.63) is 53.9 Å². The van der Waals surface area contributed by atoms with Crippen LogP contribution in [-0.2, 0) is 10.2 Å². The van der Waals surface area contributed by atoms with Gasteiger partial charge >= 0.3 is 0 Å². The summed E-state index contributed by atoms with van der Waals surface area (Å²) in [5.41, 5.74) is 1.61. The number of nitrogens with zero attached hydrogens (tertiary/aromatic N) is 3. The number of hydrogen-bond donors (Lipinski definition) is 2. The normalized spacial score (nSPS) is 27.2. The highest BCUT2D eigenvalue weighted by atomic mass is 16.5. The summed E-state index contributed by atoms with van der Waals surface area (Å²) in [6, 6.07) is 12.5. The van der Waals surface area contributed by atoms with Crippen LogP contribution >= 0.6 is 0 Å². The van der Waals surface area contributed by atoms with E-state index in [9.17, 15) is 9.90 Å². The third-order valence-electron chi connectivity index (χ3n) is 7.16. The molecule has 2 aromatic rings. The molecule has 2 fully saturated rings. The molecule has 1 saturated carbocycles. The SMILES string of the molecule is CC(C)n1nccc1C(=O)NC[C@]1(c2ccccc2)CC[C@@H](O)[C@H](N2CCOCC2)CC1. The second kappa shape index (κ2) is 10.1. The van der Waals surface area contributed by atoms with Crippen molar-refractivity contribution >= 4 is 5.91 Å². The Hall–Kier alpha value is -2.22. The van der Waals surface area contributed by atoms with Crippen LogP contribution in [0.15, 0.2) is 42.6 Å². The van der Waals surface area contributed by atoms with Crippen molar-refractivity contribution in [2.75, 3.05) is 32.8 Å².